The lowest BCUT2D eigenvalue weighted by atomic mass is 10.5. The second-order valence-electron chi connectivity index (χ2n) is 5.66. The Morgan fingerprint density at radius 2 is 2.11 bits per heavy atom. The van der Waals surface area contributed by atoms with Gasteiger partial charge in [-0.3, -0.25) is 4.79 Å². The van der Waals surface area contributed by atoms with Crippen molar-refractivity contribution in [1.82, 2.24) is 19.7 Å². The minimum atomic E-state index is -1.05. The average Bonchev–Trinajstić information content (AvgIpc) is 2.70. The van der Waals surface area contributed by atoms with E-state index in [1.165, 1.54) is 11.2 Å². The lowest BCUT2D eigenvalue weighted by Gasteiger charge is -2.15. The minimum Gasteiger partial charge on any atom is -0.359 e. The van der Waals surface area contributed by atoms with E-state index in [4.69, 9.17) is 4.74 Å². The number of nitrogens with zero attached hydrogens (tertiary/aromatic N) is 4. The highest BCUT2D eigenvalue weighted by atomic mass is 28.3. The van der Waals surface area contributed by atoms with E-state index in [0.717, 1.165) is 12.7 Å². The van der Waals surface area contributed by atoms with Crippen molar-refractivity contribution in [3.05, 3.63) is 12.2 Å². The fourth-order valence-electron chi connectivity index (χ4n) is 1.19. The van der Waals surface area contributed by atoms with Gasteiger partial charge < -0.3 is 9.64 Å². The van der Waals surface area contributed by atoms with Crippen LogP contribution in [0.1, 0.15) is 10.6 Å². The Kier molecular flexibility index (Phi) is 5.03. The molecule has 1 rings (SSSR count). The number of rotatable bonds is 6. The van der Waals surface area contributed by atoms with Crippen LogP contribution in [-0.2, 0) is 11.5 Å². The Balaban J connectivity index is 2.38. The summed E-state index contributed by atoms with van der Waals surface area (Å²) < 4.78 is 7.06. The Morgan fingerprint density at radius 3 is 2.67 bits per heavy atom. The maximum atomic E-state index is 11.6. The zero-order valence-corrected chi connectivity index (χ0v) is 12.8. The molecule has 0 fully saturated rings. The molecule has 18 heavy (non-hydrogen) atoms. The molecule has 0 aliphatic rings. The normalized spacial score (nSPS) is 11.6. The van der Waals surface area contributed by atoms with Crippen molar-refractivity contribution in [1.29, 1.82) is 0 Å². The second kappa shape index (κ2) is 6.10. The molecule has 0 aromatic carbocycles. The van der Waals surface area contributed by atoms with E-state index in [9.17, 15) is 4.79 Å². The van der Waals surface area contributed by atoms with Gasteiger partial charge in [0.1, 0.15) is 13.1 Å². The summed E-state index contributed by atoms with van der Waals surface area (Å²) in [4.78, 5) is 17.0. The number of ether oxygens (including phenoxy) is 1. The van der Waals surface area contributed by atoms with E-state index in [2.05, 4.69) is 29.7 Å². The van der Waals surface area contributed by atoms with Gasteiger partial charge in [-0.2, -0.15) is 0 Å². The van der Waals surface area contributed by atoms with Gasteiger partial charge in [-0.25, -0.2) is 9.67 Å². The molecular weight excluding hydrogens is 248 g/mol. The van der Waals surface area contributed by atoms with Crippen LogP contribution in [-0.4, -0.2) is 54.3 Å². The lowest BCUT2D eigenvalue weighted by Crippen LogP contribution is -2.23. The molecule has 0 radical (unpaired) electrons. The fraction of sp³-hybridized carbons (Fsp3) is 0.727. The molecule has 102 valence electrons. The van der Waals surface area contributed by atoms with Crippen LogP contribution in [0.25, 0.3) is 0 Å². The topological polar surface area (TPSA) is 60.2 Å². The van der Waals surface area contributed by atoms with E-state index in [0.29, 0.717) is 6.73 Å². The molecule has 7 heteroatoms. The third-order valence-electron chi connectivity index (χ3n) is 2.35. The SMILES string of the molecule is CN(C)C(=O)c1ncn(COCC[Si](C)(C)C)n1. The van der Waals surface area contributed by atoms with Gasteiger partial charge in [0.05, 0.1) is 0 Å². The fourth-order valence-corrected chi connectivity index (χ4v) is 1.95. The summed E-state index contributed by atoms with van der Waals surface area (Å²) in [6, 6.07) is 1.12. The van der Waals surface area contributed by atoms with Crippen LogP contribution in [0.2, 0.25) is 25.7 Å². The Hall–Kier alpha value is -1.21. The molecule has 6 nitrogen and oxygen atoms in total. The van der Waals surface area contributed by atoms with Gasteiger partial charge in [-0.1, -0.05) is 19.6 Å². The molecule has 0 atom stereocenters. The Labute approximate surface area is 109 Å². The van der Waals surface area contributed by atoms with E-state index < -0.39 is 8.07 Å². The van der Waals surface area contributed by atoms with Crippen LogP contribution >= 0.6 is 0 Å². The van der Waals surface area contributed by atoms with Crippen molar-refractivity contribution in [2.75, 3.05) is 20.7 Å². The molecule has 0 aliphatic carbocycles. The van der Waals surface area contributed by atoms with Crippen molar-refractivity contribution in [2.24, 2.45) is 0 Å². The average molecular weight is 270 g/mol. The first kappa shape index (κ1) is 14.8. The first-order chi connectivity index (χ1) is 8.29. The van der Waals surface area contributed by atoms with E-state index in [-0.39, 0.29) is 11.7 Å². The largest absolute Gasteiger partial charge is 0.359 e. The third kappa shape index (κ3) is 4.97. The van der Waals surface area contributed by atoms with Crippen molar-refractivity contribution in [2.45, 2.75) is 32.4 Å². The predicted octanol–water partition coefficient (Wildman–Crippen LogP) is 1.29. The van der Waals surface area contributed by atoms with Gasteiger partial charge in [0, 0.05) is 28.8 Å². The highest BCUT2D eigenvalue weighted by Gasteiger charge is 2.14. The van der Waals surface area contributed by atoms with E-state index in [1.807, 2.05) is 0 Å². The predicted molar refractivity (Wildman–Crippen MR) is 72.1 cm³/mol. The van der Waals surface area contributed by atoms with Gasteiger partial charge in [-0.05, 0) is 6.04 Å². The summed E-state index contributed by atoms with van der Waals surface area (Å²) in [5, 5.41) is 4.07. The van der Waals surface area contributed by atoms with Crippen molar-refractivity contribution < 1.29 is 9.53 Å². The molecule has 0 unspecified atom stereocenters. The quantitative estimate of drug-likeness (QED) is 0.577. The number of aromatic nitrogens is 3. The van der Waals surface area contributed by atoms with Crippen molar-refractivity contribution >= 4 is 14.0 Å². The highest BCUT2D eigenvalue weighted by molar-refractivity contribution is 6.76. The zero-order chi connectivity index (χ0) is 13.8. The first-order valence-electron chi connectivity index (χ1n) is 5.98. The van der Waals surface area contributed by atoms with E-state index >= 15 is 0 Å². The molecule has 0 saturated heterocycles. The van der Waals surface area contributed by atoms with Crippen LogP contribution < -0.4 is 0 Å². The molecule has 0 aliphatic heterocycles. The lowest BCUT2D eigenvalue weighted by molar-refractivity contribution is 0.0756. The summed E-state index contributed by atoms with van der Waals surface area (Å²) in [6.07, 6.45) is 1.52. The standard InChI is InChI=1S/C11H22N4O2Si/c1-14(2)11(16)10-12-8-15(13-10)9-17-6-7-18(3,4)5/h8H,6-7,9H2,1-5H3. The molecule has 0 spiro atoms. The van der Waals surface area contributed by atoms with Gasteiger partial charge in [0.15, 0.2) is 0 Å². The molecule has 1 amide bonds. The van der Waals surface area contributed by atoms with Gasteiger partial charge in [0.25, 0.3) is 5.91 Å². The molecule has 1 heterocycles. The number of hydrogen-bond acceptors (Lipinski definition) is 4. The molecule has 1 aromatic heterocycles. The highest BCUT2D eigenvalue weighted by Crippen LogP contribution is 2.07. The van der Waals surface area contributed by atoms with Crippen LogP contribution in [0.4, 0.5) is 0 Å². The molecule has 1 aromatic rings. The third-order valence-corrected chi connectivity index (χ3v) is 4.06. The van der Waals surface area contributed by atoms with Gasteiger partial charge in [0.2, 0.25) is 5.82 Å². The second-order valence-corrected chi connectivity index (χ2v) is 11.3. The van der Waals surface area contributed by atoms with Gasteiger partial charge in [-0.15, -0.1) is 5.10 Å². The van der Waals surface area contributed by atoms with Crippen LogP contribution in [0, 0.1) is 0 Å². The summed E-state index contributed by atoms with van der Waals surface area (Å²) in [7, 11) is 2.29. The molecule has 0 N–H and O–H groups in total. The summed E-state index contributed by atoms with van der Waals surface area (Å²) in [6.45, 7) is 7.99. The van der Waals surface area contributed by atoms with Crippen LogP contribution in [0.3, 0.4) is 0 Å². The Bertz CT molecular complexity index is 398. The van der Waals surface area contributed by atoms with Gasteiger partial charge >= 0.3 is 0 Å². The molecular formula is C11H22N4O2Si. The number of amides is 1. The number of hydrogen-bond donors (Lipinski definition) is 0. The Morgan fingerprint density at radius 1 is 1.44 bits per heavy atom. The first-order valence-corrected chi connectivity index (χ1v) is 9.69. The smallest absolute Gasteiger partial charge is 0.293 e. The summed E-state index contributed by atoms with van der Waals surface area (Å²) >= 11 is 0. The van der Waals surface area contributed by atoms with Crippen molar-refractivity contribution in [3.8, 4) is 0 Å². The van der Waals surface area contributed by atoms with Crippen molar-refractivity contribution in [3.63, 3.8) is 0 Å². The minimum absolute atomic E-state index is 0.198. The number of carbonyl (C=O) groups excluding carboxylic acids is 1. The molecule has 0 saturated carbocycles. The maximum absolute atomic E-state index is 11.6. The summed E-state index contributed by atoms with van der Waals surface area (Å²) in [5.74, 6) is 0.00430. The zero-order valence-electron chi connectivity index (χ0n) is 11.8. The maximum Gasteiger partial charge on any atom is 0.293 e. The van der Waals surface area contributed by atoms with Crippen LogP contribution in [0.5, 0.6) is 0 Å². The van der Waals surface area contributed by atoms with E-state index in [1.54, 1.807) is 18.8 Å². The summed E-state index contributed by atoms with van der Waals surface area (Å²) in [5.41, 5.74) is 0. The number of carbonyl (C=O) groups is 1. The monoisotopic (exact) mass is 270 g/mol. The van der Waals surface area contributed by atoms with Crippen LogP contribution in [0.15, 0.2) is 6.33 Å². The molecule has 0 bridgehead atoms.